The largest absolute Gasteiger partial charge is 0.489 e. The molecule has 2 saturated carbocycles. The molecule has 3 aromatic carbocycles. The zero-order valence-electron chi connectivity index (χ0n) is 21.7. The van der Waals surface area contributed by atoms with Crippen molar-refractivity contribution in [3.05, 3.63) is 110 Å². The number of benzene rings is 3. The number of thiazole rings is 1. The van der Waals surface area contributed by atoms with Crippen molar-refractivity contribution in [2.75, 3.05) is 4.90 Å². The third-order valence-electron chi connectivity index (χ3n) is 9.30. The van der Waals surface area contributed by atoms with E-state index in [4.69, 9.17) is 4.74 Å². The van der Waals surface area contributed by atoms with Crippen molar-refractivity contribution >= 4 is 40.6 Å². The van der Waals surface area contributed by atoms with E-state index in [9.17, 15) is 18.8 Å². The molecular weight excluding hydrogens is 559 g/mol. The lowest BCUT2D eigenvalue weighted by atomic mass is 9.68. The molecule has 2 amide bonds. The van der Waals surface area contributed by atoms with E-state index in [0.717, 1.165) is 33.2 Å². The number of nitrogens with zero attached hydrogens (tertiary/aromatic N) is 1. The highest BCUT2D eigenvalue weighted by Gasteiger charge is 2.69. The van der Waals surface area contributed by atoms with E-state index >= 15 is 0 Å². The Morgan fingerprint density at radius 1 is 0.878 bits per heavy atom. The molecule has 9 heteroatoms. The Morgan fingerprint density at radius 2 is 1.59 bits per heavy atom. The Balaban J connectivity index is 1.13. The number of hydrogen-bond acceptors (Lipinski definition) is 6. The minimum atomic E-state index is -0.407. The second-order valence-corrected chi connectivity index (χ2v) is 13.5. The fraction of sp³-hybridized carbons (Fsp3) is 0.281. The summed E-state index contributed by atoms with van der Waals surface area (Å²) in [6.07, 6.45) is 0.820. The van der Waals surface area contributed by atoms with Gasteiger partial charge in [-0.2, -0.15) is 0 Å². The van der Waals surface area contributed by atoms with Crippen LogP contribution in [0.2, 0.25) is 0 Å². The Kier molecular flexibility index (Phi) is 5.76. The number of hydrogen-bond donors (Lipinski definition) is 1. The molecule has 0 spiro atoms. The minimum Gasteiger partial charge on any atom is -0.489 e. The van der Waals surface area contributed by atoms with Crippen molar-refractivity contribution in [3.63, 3.8) is 0 Å². The molecule has 1 N–H and O–H groups in total. The zero-order chi connectivity index (χ0) is 27.8. The lowest BCUT2D eigenvalue weighted by molar-refractivity contribution is -0.123. The first kappa shape index (κ1) is 25.1. The summed E-state index contributed by atoms with van der Waals surface area (Å²) in [7, 11) is 0. The van der Waals surface area contributed by atoms with Crippen LogP contribution in [0.4, 0.5) is 10.1 Å². The number of fused-ring (bicyclic) bond motifs is 9. The van der Waals surface area contributed by atoms with E-state index in [1.54, 1.807) is 11.8 Å². The summed E-state index contributed by atoms with van der Waals surface area (Å²) in [4.78, 5) is 45.3. The second-order valence-electron chi connectivity index (χ2n) is 11.3. The number of ether oxygens (including phenoxy) is 1. The van der Waals surface area contributed by atoms with Crippen LogP contribution in [0.15, 0.2) is 88.7 Å². The fourth-order valence-electron chi connectivity index (χ4n) is 7.75. The number of aromatic amines is 1. The zero-order valence-corrected chi connectivity index (χ0v) is 23.4. The number of amides is 2. The molecule has 5 unspecified atom stereocenters. The topological polar surface area (TPSA) is 79.5 Å². The smallest absolute Gasteiger partial charge is 0.305 e. The average molecular weight is 585 g/mol. The molecular formula is C32H25FN2O4S2. The summed E-state index contributed by atoms with van der Waals surface area (Å²) in [6, 6.07) is 23.7. The van der Waals surface area contributed by atoms with Gasteiger partial charge in [-0.05, 0) is 71.7 Å². The van der Waals surface area contributed by atoms with Crippen LogP contribution >= 0.6 is 23.1 Å². The first-order valence-corrected chi connectivity index (χ1v) is 15.5. The Bertz CT molecular complexity index is 1720. The van der Waals surface area contributed by atoms with Crippen LogP contribution in [0.25, 0.3) is 0 Å². The molecule has 1 aromatic heterocycles. The van der Waals surface area contributed by atoms with E-state index in [0.29, 0.717) is 12.3 Å². The molecule has 4 aromatic rings. The van der Waals surface area contributed by atoms with Gasteiger partial charge in [-0.15, -0.1) is 11.8 Å². The van der Waals surface area contributed by atoms with Gasteiger partial charge in [0.2, 0.25) is 11.8 Å². The average Bonchev–Trinajstić information content (AvgIpc) is 3.72. The summed E-state index contributed by atoms with van der Waals surface area (Å²) in [6.45, 7) is 0.474. The number of carbonyl (C=O) groups is 2. The van der Waals surface area contributed by atoms with Crippen molar-refractivity contribution in [3.8, 4) is 5.75 Å². The van der Waals surface area contributed by atoms with Gasteiger partial charge in [0.25, 0.3) is 0 Å². The summed E-state index contributed by atoms with van der Waals surface area (Å²) in [5, 5.41) is 0.995. The number of halogens is 1. The predicted molar refractivity (Wildman–Crippen MR) is 155 cm³/mol. The van der Waals surface area contributed by atoms with E-state index in [-0.39, 0.29) is 51.5 Å². The first-order chi connectivity index (χ1) is 20.0. The van der Waals surface area contributed by atoms with Crippen LogP contribution in [0.3, 0.4) is 0 Å². The van der Waals surface area contributed by atoms with E-state index < -0.39 is 11.7 Å². The molecule has 6 nitrogen and oxygen atoms in total. The number of rotatable bonds is 5. The van der Waals surface area contributed by atoms with Crippen molar-refractivity contribution in [2.24, 2.45) is 29.6 Å². The van der Waals surface area contributed by atoms with Crippen molar-refractivity contribution in [1.29, 1.82) is 0 Å². The maximum Gasteiger partial charge on any atom is 0.305 e. The molecule has 0 radical (unpaired) electrons. The maximum absolute atomic E-state index is 13.8. The van der Waals surface area contributed by atoms with Crippen LogP contribution in [0.1, 0.15) is 28.3 Å². The van der Waals surface area contributed by atoms with Crippen molar-refractivity contribution in [2.45, 2.75) is 29.2 Å². The van der Waals surface area contributed by atoms with Crippen LogP contribution in [0, 0.1) is 35.4 Å². The highest BCUT2D eigenvalue weighted by atomic mass is 32.2. The van der Waals surface area contributed by atoms with Crippen molar-refractivity contribution in [1.82, 2.24) is 4.98 Å². The van der Waals surface area contributed by atoms with Gasteiger partial charge in [0.15, 0.2) is 0 Å². The van der Waals surface area contributed by atoms with Crippen LogP contribution in [0.5, 0.6) is 5.75 Å². The lowest BCUT2D eigenvalue weighted by Gasteiger charge is -2.43. The molecule has 3 fully saturated rings. The molecule has 206 valence electrons. The van der Waals surface area contributed by atoms with Crippen molar-refractivity contribution < 1.29 is 18.7 Å². The van der Waals surface area contributed by atoms with Gasteiger partial charge in [0.05, 0.1) is 22.5 Å². The van der Waals surface area contributed by atoms with Gasteiger partial charge < -0.3 is 9.72 Å². The molecule has 4 aliphatic rings. The second kappa shape index (κ2) is 9.42. The highest BCUT2D eigenvalue weighted by Crippen LogP contribution is 2.68. The Labute approximate surface area is 243 Å². The van der Waals surface area contributed by atoms with Gasteiger partial charge in [-0.3, -0.25) is 19.3 Å². The summed E-state index contributed by atoms with van der Waals surface area (Å²) < 4.78 is 19.6. The number of H-pyrrole nitrogens is 1. The molecule has 2 aliphatic heterocycles. The minimum absolute atomic E-state index is 0.0220. The number of nitrogens with one attached hydrogen (secondary N) is 1. The number of carbonyl (C=O) groups excluding carboxylic acids is 2. The summed E-state index contributed by atoms with van der Waals surface area (Å²) in [5.74, 6) is -0.661. The van der Waals surface area contributed by atoms with Crippen LogP contribution in [-0.2, 0) is 16.2 Å². The fourth-order valence-corrected chi connectivity index (χ4v) is 10.6. The maximum atomic E-state index is 13.8. The number of anilines is 1. The van der Waals surface area contributed by atoms with Crippen LogP contribution in [-0.4, -0.2) is 22.0 Å². The highest BCUT2D eigenvalue weighted by molar-refractivity contribution is 8.00. The number of thioether (sulfide) groups is 1. The molecule has 41 heavy (non-hydrogen) atoms. The first-order valence-electron chi connectivity index (χ1n) is 13.8. The van der Waals surface area contributed by atoms with Gasteiger partial charge in [0, 0.05) is 16.0 Å². The monoisotopic (exact) mass is 584 g/mol. The SMILES string of the molecule is O=C1C2C(C(=O)N1c1ccc(F)cc1)[C@@H]1C[C@H]2C2Sc3[nH]c(=O)sc3C(c3ccc(OCc4ccccc4)cc3)C21. The van der Waals surface area contributed by atoms with Crippen LogP contribution < -0.4 is 14.5 Å². The summed E-state index contributed by atoms with van der Waals surface area (Å²) >= 11 is 2.91. The van der Waals surface area contributed by atoms with Gasteiger partial charge in [0.1, 0.15) is 18.2 Å². The molecule has 2 aliphatic carbocycles. The third kappa shape index (κ3) is 3.85. The summed E-state index contributed by atoms with van der Waals surface area (Å²) in [5.41, 5.74) is 2.60. The van der Waals surface area contributed by atoms with E-state index in [1.165, 1.54) is 40.5 Å². The molecule has 2 bridgehead atoms. The molecule has 3 heterocycles. The Hall–Kier alpha value is -3.69. The molecule has 1 saturated heterocycles. The normalized spacial score (nSPS) is 29.4. The van der Waals surface area contributed by atoms with E-state index in [2.05, 4.69) is 17.1 Å². The molecule has 7 atom stereocenters. The van der Waals surface area contributed by atoms with Gasteiger partial charge in [-0.1, -0.05) is 53.8 Å². The quantitative estimate of drug-likeness (QED) is 0.299. The Morgan fingerprint density at radius 3 is 2.32 bits per heavy atom. The number of imide groups is 1. The predicted octanol–water partition coefficient (Wildman–Crippen LogP) is 5.83. The number of aromatic nitrogens is 1. The lowest BCUT2D eigenvalue weighted by Crippen LogP contribution is -2.42. The third-order valence-corrected chi connectivity index (χ3v) is 11.9. The van der Waals surface area contributed by atoms with Gasteiger partial charge >= 0.3 is 4.87 Å². The standard InChI is InChI=1S/C32H25FN2O4S2/c33-18-8-10-19(11-9-18)35-30(36)25-21-14-22(26(25)31(35)37)27-24(21)23(28-29(40-27)34-32(38)41-28)17-6-12-20(13-7-17)39-15-16-4-2-1-3-5-16/h1-13,21-27H,14-15H2,(H,34,38)/t21-,22-,23?,24?,25?,26?,27?/m1/s1. The molecule has 8 rings (SSSR count). The van der Waals surface area contributed by atoms with E-state index in [1.807, 2.05) is 42.5 Å². The van der Waals surface area contributed by atoms with Gasteiger partial charge in [-0.25, -0.2) is 4.39 Å².